The van der Waals surface area contributed by atoms with E-state index < -0.39 is 52.8 Å². The molecule has 0 unspecified atom stereocenters. The SMILES string of the molecule is CC(=O)O[C@H]1[C@H](O)[C@@H](COS(=O)(=O)c2ccc(C)cc2)O[C@@](O)(c2ccc[se]2)[C@@H]1N=[N+]=[N-]. The number of hydrogen-bond acceptors (Lipinski definition) is 9. The Morgan fingerprint density at radius 3 is 2.59 bits per heavy atom. The van der Waals surface area contributed by atoms with Crippen LogP contribution in [0.3, 0.4) is 0 Å². The number of nitrogens with zero attached hydrogens (tertiary/aromatic N) is 3. The average Bonchev–Trinajstić information content (AvgIpc) is 3.28. The van der Waals surface area contributed by atoms with Gasteiger partial charge in [0.2, 0.25) is 0 Å². The maximum atomic E-state index is 12.5. The van der Waals surface area contributed by atoms with Crippen LogP contribution in [0.1, 0.15) is 16.9 Å². The molecule has 5 atom stereocenters. The summed E-state index contributed by atoms with van der Waals surface area (Å²) in [6, 6.07) is 7.66. The number of carbonyl (C=O) groups excluding carboxylic acids is 1. The van der Waals surface area contributed by atoms with Gasteiger partial charge in [-0.1, -0.05) is 0 Å². The van der Waals surface area contributed by atoms with Gasteiger partial charge in [0.05, 0.1) is 0 Å². The summed E-state index contributed by atoms with van der Waals surface area (Å²) in [5.74, 6) is -3.04. The van der Waals surface area contributed by atoms with E-state index in [0.29, 0.717) is 4.44 Å². The normalized spacial score (nSPS) is 28.0. The van der Waals surface area contributed by atoms with Gasteiger partial charge in [-0.05, 0) is 0 Å². The van der Waals surface area contributed by atoms with Gasteiger partial charge in [0.25, 0.3) is 0 Å². The molecular formula is C19H21N3O8SSe. The van der Waals surface area contributed by atoms with Gasteiger partial charge in [0.1, 0.15) is 0 Å². The van der Waals surface area contributed by atoms with Gasteiger partial charge in [-0.15, -0.1) is 0 Å². The third kappa shape index (κ3) is 5.06. The number of azide groups is 1. The Labute approximate surface area is 190 Å². The molecule has 0 aliphatic carbocycles. The average molecular weight is 530 g/mol. The van der Waals surface area contributed by atoms with Crippen LogP contribution in [0.2, 0.25) is 0 Å². The van der Waals surface area contributed by atoms with Crippen molar-refractivity contribution in [2.75, 3.05) is 6.61 Å². The van der Waals surface area contributed by atoms with Crippen LogP contribution in [0.4, 0.5) is 0 Å². The minimum atomic E-state index is -4.21. The molecule has 1 aromatic carbocycles. The van der Waals surface area contributed by atoms with Crippen LogP contribution in [0.5, 0.6) is 0 Å². The van der Waals surface area contributed by atoms with Crippen molar-refractivity contribution in [2.24, 2.45) is 5.11 Å². The van der Waals surface area contributed by atoms with Crippen molar-refractivity contribution in [2.45, 2.75) is 48.9 Å². The molecule has 2 heterocycles. The Bertz CT molecular complexity index is 1100. The quantitative estimate of drug-likeness (QED) is 0.133. The molecule has 0 bridgehead atoms. The Morgan fingerprint density at radius 2 is 2.03 bits per heavy atom. The predicted molar refractivity (Wildman–Crippen MR) is 111 cm³/mol. The Kier molecular flexibility index (Phi) is 7.43. The molecule has 0 radical (unpaired) electrons. The molecule has 1 saturated heterocycles. The molecular weight excluding hydrogens is 509 g/mol. The Morgan fingerprint density at radius 1 is 1.34 bits per heavy atom. The van der Waals surface area contributed by atoms with Crippen LogP contribution >= 0.6 is 0 Å². The fraction of sp³-hybridized carbons (Fsp3) is 0.421. The van der Waals surface area contributed by atoms with E-state index in [1.165, 1.54) is 12.1 Å². The number of esters is 1. The van der Waals surface area contributed by atoms with Gasteiger partial charge in [-0.2, -0.15) is 0 Å². The van der Waals surface area contributed by atoms with Gasteiger partial charge < -0.3 is 0 Å². The van der Waals surface area contributed by atoms with E-state index in [1.54, 1.807) is 36.1 Å². The molecule has 1 aromatic heterocycles. The summed E-state index contributed by atoms with van der Waals surface area (Å²) >= 11 is -0.375. The van der Waals surface area contributed by atoms with Crippen LogP contribution in [-0.2, 0) is 34.4 Å². The molecule has 0 saturated carbocycles. The topological polar surface area (TPSA) is 168 Å². The van der Waals surface area contributed by atoms with E-state index in [9.17, 15) is 23.4 Å². The van der Waals surface area contributed by atoms with Gasteiger partial charge in [0, 0.05) is 0 Å². The van der Waals surface area contributed by atoms with E-state index in [2.05, 4.69) is 10.0 Å². The standard InChI is InChI=1S/C19H21N3O8SSe/c1-11-5-7-13(8-6-11)31(26,27)28-10-14-16(24)17(29-12(2)23)18(21-22-20)19(25,30-14)15-4-3-9-32-15/h3-9,14,16-18,24-25H,10H2,1-2H3/t14-,16-,17+,18-,19+/m1/s1. The van der Waals surface area contributed by atoms with Crippen LogP contribution in [0, 0.1) is 6.92 Å². The molecule has 3 rings (SSSR count). The number of aliphatic hydroxyl groups excluding tert-OH is 1. The van der Waals surface area contributed by atoms with E-state index in [1.807, 2.05) is 0 Å². The Balaban J connectivity index is 1.92. The van der Waals surface area contributed by atoms with Crippen molar-refractivity contribution in [1.29, 1.82) is 0 Å². The van der Waals surface area contributed by atoms with Gasteiger partial charge in [0.15, 0.2) is 0 Å². The van der Waals surface area contributed by atoms with Gasteiger partial charge >= 0.3 is 190 Å². The summed E-state index contributed by atoms with van der Waals surface area (Å²) in [7, 11) is -4.21. The third-order valence-electron chi connectivity index (χ3n) is 4.81. The molecule has 0 spiro atoms. The first-order valence-electron chi connectivity index (χ1n) is 9.38. The molecule has 13 heteroatoms. The van der Waals surface area contributed by atoms with Gasteiger partial charge in [-0.3, -0.25) is 0 Å². The van der Waals surface area contributed by atoms with Crippen LogP contribution < -0.4 is 0 Å². The molecule has 11 nitrogen and oxygen atoms in total. The molecule has 1 fully saturated rings. The maximum absolute atomic E-state index is 12.5. The predicted octanol–water partition coefficient (Wildman–Crippen LogP) is 0.973. The number of carbonyl (C=O) groups is 1. The first kappa shape index (κ1) is 24.4. The molecule has 32 heavy (non-hydrogen) atoms. The zero-order valence-electron chi connectivity index (χ0n) is 17.1. The minimum absolute atomic E-state index is 0.0989. The van der Waals surface area contributed by atoms with Crippen LogP contribution in [-0.4, -0.2) is 70.1 Å². The number of benzene rings is 1. The zero-order valence-corrected chi connectivity index (χ0v) is 19.6. The van der Waals surface area contributed by atoms with Crippen molar-refractivity contribution in [3.05, 3.63) is 61.8 Å². The molecule has 1 aliphatic heterocycles. The number of aryl methyl sites for hydroxylation is 1. The summed E-state index contributed by atoms with van der Waals surface area (Å²) in [4.78, 5) is 16.0. The van der Waals surface area contributed by atoms with Crippen LogP contribution in [0.15, 0.2) is 51.3 Å². The molecule has 2 aromatic rings. The van der Waals surface area contributed by atoms with Crippen molar-refractivity contribution < 1.29 is 37.1 Å². The first-order chi connectivity index (χ1) is 15.1. The molecule has 2 N–H and O–H groups in total. The monoisotopic (exact) mass is 531 g/mol. The second kappa shape index (κ2) is 9.73. The second-order valence-electron chi connectivity index (χ2n) is 7.10. The van der Waals surface area contributed by atoms with Crippen molar-refractivity contribution in [3.63, 3.8) is 0 Å². The number of rotatable bonds is 7. The second-order valence-corrected chi connectivity index (χ2v) is 10.7. The first-order valence-corrected chi connectivity index (χ1v) is 12.6. The molecule has 172 valence electrons. The summed E-state index contributed by atoms with van der Waals surface area (Å²) in [6.45, 7) is 2.20. The molecule has 1 aliphatic rings. The van der Waals surface area contributed by atoms with Crippen molar-refractivity contribution >= 4 is 30.6 Å². The summed E-state index contributed by atoms with van der Waals surface area (Å²) in [6.07, 6.45) is -4.58. The fourth-order valence-electron chi connectivity index (χ4n) is 3.27. The molecule has 0 amide bonds. The van der Waals surface area contributed by atoms with Crippen molar-refractivity contribution in [3.8, 4) is 0 Å². The van der Waals surface area contributed by atoms with Gasteiger partial charge in [-0.25, -0.2) is 0 Å². The third-order valence-corrected chi connectivity index (χ3v) is 8.15. The summed E-state index contributed by atoms with van der Waals surface area (Å²) in [5, 5.41) is 25.6. The Hall–Kier alpha value is -2.21. The van der Waals surface area contributed by atoms with Crippen LogP contribution in [0.25, 0.3) is 10.4 Å². The number of hydrogen-bond donors (Lipinski definition) is 2. The zero-order chi connectivity index (χ0) is 23.5. The summed E-state index contributed by atoms with van der Waals surface area (Å²) < 4.78 is 41.3. The summed E-state index contributed by atoms with van der Waals surface area (Å²) in [5.41, 5.74) is 9.84. The van der Waals surface area contributed by atoms with E-state index in [4.69, 9.17) is 19.2 Å². The number of ether oxygens (including phenoxy) is 2. The van der Waals surface area contributed by atoms with E-state index in [0.717, 1.165) is 12.5 Å². The van der Waals surface area contributed by atoms with E-state index >= 15 is 0 Å². The van der Waals surface area contributed by atoms with Crippen molar-refractivity contribution in [1.82, 2.24) is 0 Å². The van der Waals surface area contributed by atoms with E-state index in [-0.39, 0.29) is 19.4 Å². The fourth-order valence-corrected chi connectivity index (χ4v) is 5.86. The number of aliphatic hydroxyl groups is 2.